The minimum Gasteiger partial charge on any atom is -0.0686 e. The summed E-state index contributed by atoms with van der Waals surface area (Å²) >= 11 is 0. The van der Waals surface area contributed by atoms with Gasteiger partial charge in [-0.25, -0.2) is 0 Å². The molecule has 0 nitrogen and oxygen atoms in total. The van der Waals surface area contributed by atoms with Crippen molar-refractivity contribution in [2.75, 3.05) is 0 Å². The molecule has 1 aliphatic heterocycles. The van der Waals surface area contributed by atoms with Crippen molar-refractivity contribution in [3.63, 3.8) is 0 Å². The molecule has 1 heterocycles. The van der Waals surface area contributed by atoms with Crippen molar-refractivity contribution in [3.05, 3.63) is 24.3 Å². The van der Waals surface area contributed by atoms with Crippen LogP contribution in [0.1, 0.15) is 0 Å². The van der Waals surface area contributed by atoms with Gasteiger partial charge in [0.25, 0.3) is 0 Å². The summed E-state index contributed by atoms with van der Waals surface area (Å²) in [5.41, 5.74) is 1.64. The normalized spacial score (nSPS) is 20.9. The average Bonchev–Trinajstić information content (AvgIpc) is 2.33. The van der Waals surface area contributed by atoms with Crippen LogP contribution in [0, 0.1) is 0 Å². The molecule has 1 aromatic rings. The summed E-state index contributed by atoms with van der Waals surface area (Å²) in [6.45, 7) is 0. The van der Waals surface area contributed by atoms with Crippen molar-refractivity contribution in [2.45, 2.75) is 5.67 Å². The molecule has 1 aliphatic rings. The molecule has 0 N–H and O–H groups in total. The van der Waals surface area contributed by atoms with Gasteiger partial charge in [-0.15, -0.1) is 0 Å². The second-order valence-electron chi connectivity index (χ2n) is 2.62. The lowest BCUT2D eigenvalue weighted by Gasteiger charge is -1.93. The Kier molecular flexibility index (Phi) is 1.28. The van der Waals surface area contributed by atoms with Gasteiger partial charge in [0.1, 0.15) is 0 Å². The molecule has 0 bridgehead atoms. The average molecular weight is 150 g/mol. The molecule has 9 heavy (non-hydrogen) atoms. The predicted octanol–water partition coefficient (Wildman–Crippen LogP) is -1.34. The minimum atomic E-state index is 0.253. The van der Waals surface area contributed by atoms with Crippen LogP contribution >= 0.6 is 0 Å². The number of hydrogen-bond acceptors (Lipinski definition) is 0. The molecule has 0 saturated heterocycles. The minimum absolute atomic E-state index is 0.253. The van der Waals surface area contributed by atoms with Crippen LogP contribution in [0.25, 0.3) is 0 Å². The molecule has 2 rings (SSSR count). The van der Waals surface area contributed by atoms with Gasteiger partial charge in [0.15, 0.2) is 0 Å². The summed E-state index contributed by atoms with van der Waals surface area (Å²) in [5.74, 6) is 0. The fraction of sp³-hybridized carbons (Fsp3) is 0.143. The van der Waals surface area contributed by atoms with Crippen LogP contribution in [0.5, 0.6) is 0 Å². The van der Waals surface area contributed by atoms with E-state index >= 15 is 0 Å². The van der Waals surface area contributed by atoms with E-state index < -0.39 is 0 Å². The zero-order valence-electron chi connectivity index (χ0n) is 5.43. The molecule has 0 saturated carbocycles. The standard InChI is InChI=1S/C7H10Si2/c1-2-4-7-6(3-1)8-5-9-7/h1-4H,5,8-9H2. The van der Waals surface area contributed by atoms with Gasteiger partial charge < -0.3 is 0 Å². The van der Waals surface area contributed by atoms with E-state index in [4.69, 9.17) is 0 Å². The maximum absolute atomic E-state index is 2.33. The molecule has 0 aromatic heterocycles. The second-order valence-corrected chi connectivity index (χ2v) is 7.97. The van der Waals surface area contributed by atoms with Gasteiger partial charge >= 0.3 is 0 Å². The Hall–Kier alpha value is -0.346. The summed E-state index contributed by atoms with van der Waals surface area (Å²) in [6.07, 6.45) is 0. The number of fused-ring (bicyclic) bond motifs is 1. The first-order valence-electron chi connectivity index (χ1n) is 3.53. The maximum atomic E-state index is 2.33. The van der Waals surface area contributed by atoms with E-state index in [1.165, 1.54) is 0 Å². The second kappa shape index (κ2) is 2.12. The Morgan fingerprint density at radius 1 is 1.00 bits per heavy atom. The highest BCUT2D eigenvalue weighted by Crippen LogP contribution is 1.89. The van der Waals surface area contributed by atoms with E-state index in [-0.39, 0.29) is 19.0 Å². The van der Waals surface area contributed by atoms with Crippen LogP contribution in [0.4, 0.5) is 0 Å². The lowest BCUT2D eigenvalue weighted by atomic mass is 10.4. The third kappa shape index (κ3) is 0.882. The van der Waals surface area contributed by atoms with Crippen LogP contribution in [-0.2, 0) is 0 Å². The van der Waals surface area contributed by atoms with E-state index in [1.807, 2.05) is 0 Å². The van der Waals surface area contributed by atoms with Crippen molar-refractivity contribution in [2.24, 2.45) is 0 Å². The third-order valence-corrected chi connectivity index (χ3v) is 7.80. The van der Waals surface area contributed by atoms with Gasteiger partial charge in [0.2, 0.25) is 0 Å². The summed E-state index contributed by atoms with van der Waals surface area (Å²) in [6, 6.07) is 9.04. The molecule has 0 radical (unpaired) electrons. The lowest BCUT2D eigenvalue weighted by Crippen LogP contribution is -2.24. The van der Waals surface area contributed by atoms with Crippen molar-refractivity contribution in [3.8, 4) is 0 Å². The molecular weight excluding hydrogens is 140 g/mol. The zero-order chi connectivity index (χ0) is 6.10. The van der Waals surface area contributed by atoms with E-state index in [2.05, 4.69) is 24.3 Å². The third-order valence-electron chi connectivity index (χ3n) is 2.01. The molecular formula is C7H10Si2. The van der Waals surface area contributed by atoms with Crippen LogP contribution in [0.3, 0.4) is 0 Å². The van der Waals surface area contributed by atoms with Gasteiger partial charge in [-0.3, -0.25) is 0 Å². The van der Waals surface area contributed by atoms with Crippen molar-refractivity contribution >= 4 is 29.4 Å². The Morgan fingerprint density at radius 2 is 1.56 bits per heavy atom. The van der Waals surface area contributed by atoms with Crippen molar-refractivity contribution in [1.29, 1.82) is 0 Å². The molecule has 0 amide bonds. The quantitative estimate of drug-likeness (QED) is 0.402. The molecule has 0 atom stereocenters. The first-order valence-corrected chi connectivity index (χ1v) is 6.95. The fourth-order valence-corrected chi connectivity index (χ4v) is 7.81. The highest BCUT2D eigenvalue weighted by molar-refractivity contribution is 6.81. The highest BCUT2D eigenvalue weighted by atomic mass is 28.3. The first kappa shape index (κ1) is 5.44. The van der Waals surface area contributed by atoms with E-state index in [9.17, 15) is 0 Å². The molecule has 0 unspecified atom stereocenters. The van der Waals surface area contributed by atoms with E-state index in [0.29, 0.717) is 0 Å². The van der Waals surface area contributed by atoms with Crippen molar-refractivity contribution < 1.29 is 0 Å². The maximum Gasteiger partial charge on any atom is 0.0518 e. The fourth-order valence-electron chi connectivity index (χ4n) is 1.51. The van der Waals surface area contributed by atoms with Gasteiger partial charge in [-0.2, -0.15) is 0 Å². The Labute approximate surface area is 59.9 Å². The molecule has 2 heteroatoms. The highest BCUT2D eigenvalue weighted by Gasteiger charge is 2.08. The molecule has 1 aromatic carbocycles. The smallest absolute Gasteiger partial charge is 0.0518 e. The van der Waals surface area contributed by atoms with Crippen LogP contribution in [0.15, 0.2) is 24.3 Å². The molecule has 46 valence electrons. The Balaban J connectivity index is 2.54. The summed E-state index contributed by atoms with van der Waals surface area (Å²) in [7, 11) is 0.507. The van der Waals surface area contributed by atoms with E-state index in [0.717, 1.165) is 0 Å². The summed E-state index contributed by atoms with van der Waals surface area (Å²) < 4.78 is 0. The Bertz CT molecular complexity index is 197. The van der Waals surface area contributed by atoms with Crippen LogP contribution in [-0.4, -0.2) is 19.0 Å². The van der Waals surface area contributed by atoms with Gasteiger partial charge in [-0.05, 0) is 0 Å². The van der Waals surface area contributed by atoms with Crippen LogP contribution in [0.2, 0.25) is 5.67 Å². The van der Waals surface area contributed by atoms with E-state index in [1.54, 1.807) is 16.0 Å². The largest absolute Gasteiger partial charge is 0.0686 e. The number of hydrogen-bond donors (Lipinski definition) is 0. The molecule has 0 aliphatic carbocycles. The van der Waals surface area contributed by atoms with Crippen LogP contribution < -0.4 is 10.4 Å². The first-order chi connectivity index (χ1) is 4.47. The number of rotatable bonds is 0. The predicted molar refractivity (Wildman–Crippen MR) is 47.6 cm³/mol. The Morgan fingerprint density at radius 3 is 2.11 bits per heavy atom. The van der Waals surface area contributed by atoms with Crippen molar-refractivity contribution in [1.82, 2.24) is 0 Å². The van der Waals surface area contributed by atoms with Gasteiger partial charge in [0.05, 0.1) is 19.0 Å². The molecule has 0 spiro atoms. The van der Waals surface area contributed by atoms with Gasteiger partial charge in [0, 0.05) is 0 Å². The number of benzene rings is 1. The summed E-state index contributed by atoms with van der Waals surface area (Å²) in [5, 5.41) is 3.54. The molecule has 0 fully saturated rings. The zero-order valence-corrected chi connectivity index (χ0v) is 8.26. The van der Waals surface area contributed by atoms with Gasteiger partial charge in [-0.1, -0.05) is 40.3 Å². The monoisotopic (exact) mass is 150 g/mol. The lowest BCUT2D eigenvalue weighted by molar-refractivity contribution is 1.83. The summed E-state index contributed by atoms with van der Waals surface area (Å²) in [4.78, 5) is 0. The topological polar surface area (TPSA) is 0 Å². The SMILES string of the molecule is c1ccc2c(c1)[SiH2]C[SiH2]2.